The Hall–Kier alpha value is -1.23. The maximum Gasteiger partial charge on any atom is 0.410 e. The van der Waals surface area contributed by atoms with Crippen molar-refractivity contribution in [2.24, 2.45) is 0 Å². The molecule has 0 saturated carbocycles. The van der Waals surface area contributed by atoms with E-state index in [1.54, 1.807) is 4.90 Å². The van der Waals surface area contributed by atoms with E-state index < -0.39 is 5.60 Å². The first-order chi connectivity index (χ1) is 9.80. The molecule has 0 spiro atoms. The molecule has 1 aromatic carbocycles. The van der Waals surface area contributed by atoms with E-state index in [0.717, 1.165) is 22.2 Å². The van der Waals surface area contributed by atoms with Crippen molar-refractivity contribution >= 4 is 22.0 Å². The van der Waals surface area contributed by atoms with E-state index in [2.05, 4.69) is 28.1 Å². The van der Waals surface area contributed by atoms with Crippen molar-refractivity contribution in [2.75, 3.05) is 13.2 Å². The second-order valence-corrected chi connectivity index (χ2v) is 6.85. The van der Waals surface area contributed by atoms with Gasteiger partial charge >= 0.3 is 6.09 Å². The highest BCUT2D eigenvalue weighted by Gasteiger charge is 2.25. The summed E-state index contributed by atoms with van der Waals surface area (Å²) in [4.78, 5) is 14.0. The van der Waals surface area contributed by atoms with Crippen LogP contribution in [0.4, 0.5) is 4.79 Å². The minimum Gasteiger partial charge on any atom is -0.491 e. The van der Waals surface area contributed by atoms with Crippen LogP contribution in [0, 0.1) is 6.92 Å². The summed E-state index contributed by atoms with van der Waals surface area (Å²) in [6.07, 6.45) is -0.291. The first kappa shape index (κ1) is 16.1. The van der Waals surface area contributed by atoms with E-state index in [4.69, 9.17) is 9.47 Å². The predicted molar refractivity (Wildman–Crippen MR) is 85.9 cm³/mol. The molecule has 1 heterocycles. The number of hydrogen-bond acceptors (Lipinski definition) is 3. The van der Waals surface area contributed by atoms with Crippen LogP contribution in [0.2, 0.25) is 0 Å². The smallest absolute Gasteiger partial charge is 0.410 e. The minimum atomic E-state index is -0.485. The Labute approximate surface area is 134 Å². The molecule has 0 aliphatic carbocycles. The molecule has 21 heavy (non-hydrogen) atoms. The summed E-state index contributed by atoms with van der Waals surface area (Å²) in [7, 11) is 0. The van der Waals surface area contributed by atoms with Gasteiger partial charge in [0.25, 0.3) is 0 Å². The van der Waals surface area contributed by atoms with Crippen LogP contribution in [0.25, 0.3) is 0 Å². The third-order valence-electron chi connectivity index (χ3n) is 3.19. The van der Waals surface area contributed by atoms with Crippen LogP contribution in [0.15, 0.2) is 12.1 Å². The van der Waals surface area contributed by atoms with Gasteiger partial charge in [0.05, 0.1) is 13.1 Å². The number of benzene rings is 1. The number of aryl methyl sites for hydroxylation is 1. The molecule has 4 nitrogen and oxygen atoms in total. The van der Waals surface area contributed by atoms with E-state index in [9.17, 15) is 4.79 Å². The lowest BCUT2D eigenvalue weighted by atomic mass is 10.1. The fraction of sp³-hybridized carbons (Fsp3) is 0.562. The molecule has 5 heteroatoms. The molecule has 1 amide bonds. The molecule has 1 aliphatic rings. The number of rotatable bonds is 1. The van der Waals surface area contributed by atoms with Crippen molar-refractivity contribution in [1.29, 1.82) is 0 Å². The molecule has 116 valence electrons. The van der Waals surface area contributed by atoms with Crippen molar-refractivity contribution in [3.63, 3.8) is 0 Å². The van der Waals surface area contributed by atoms with Crippen molar-refractivity contribution < 1.29 is 14.3 Å². The zero-order chi connectivity index (χ0) is 15.6. The second kappa shape index (κ2) is 6.26. The fourth-order valence-electron chi connectivity index (χ4n) is 2.35. The predicted octanol–water partition coefficient (Wildman–Crippen LogP) is 4.02. The van der Waals surface area contributed by atoms with Crippen LogP contribution in [0.1, 0.15) is 37.5 Å². The summed E-state index contributed by atoms with van der Waals surface area (Å²) in [6.45, 7) is 9.20. The minimum absolute atomic E-state index is 0.291. The number of nitrogens with zero attached hydrogens (tertiary/aromatic N) is 1. The number of halogens is 1. The van der Waals surface area contributed by atoms with Gasteiger partial charge < -0.3 is 14.4 Å². The first-order valence-electron chi connectivity index (χ1n) is 7.09. The van der Waals surface area contributed by atoms with Crippen LogP contribution in [-0.2, 0) is 16.6 Å². The largest absolute Gasteiger partial charge is 0.491 e. The van der Waals surface area contributed by atoms with Crippen molar-refractivity contribution in [1.82, 2.24) is 4.90 Å². The lowest BCUT2D eigenvalue weighted by Crippen LogP contribution is -2.37. The third-order valence-corrected chi connectivity index (χ3v) is 3.83. The molecule has 0 atom stereocenters. The molecular weight excluding hydrogens is 334 g/mol. The third kappa shape index (κ3) is 4.13. The molecule has 2 rings (SSSR count). The normalized spacial score (nSPS) is 15.0. The maximum absolute atomic E-state index is 12.3. The summed E-state index contributed by atoms with van der Waals surface area (Å²) in [5.41, 5.74) is 2.84. The zero-order valence-corrected chi connectivity index (χ0v) is 14.6. The summed E-state index contributed by atoms with van der Waals surface area (Å²) in [5.74, 6) is 0.894. The van der Waals surface area contributed by atoms with Gasteiger partial charge in [-0.05, 0) is 44.9 Å². The van der Waals surface area contributed by atoms with Gasteiger partial charge in [-0.25, -0.2) is 4.79 Å². The highest BCUT2D eigenvalue weighted by molar-refractivity contribution is 9.08. The Balaban J connectivity index is 2.24. The number of fused-ring (bicyclic) bond motifs is 1. The quantitative estimate of drug-likeness (QED) is 0.714. The Bertz CT molecular complexity index is 537. The average Bonchev–Trinajstić information content (AvgIpc) is 2.59. The Kier molecular flexibility index (Phi) is 4.81. The Morgan fingerprint density at radius 2 is 2.14 bits per heavy atom. The lowest BCUT2D eigenvalue weighted by Gasteiger charge is -2.26. The number of alkyl halides is 1. The van der Waals surface area contributed by atoms with E-state index in [-0.39, 0.29) is 6.09 Å². The Morgan fingerprint density at radius 3 is 2.76 bits per heavy atom. The molecular formula is C16H22BrNO3. The van der Waals surface area contributed by atoms with Crippen molar-refractivity contribution in [3.8, 4) is 5.75 Å². The maximum atomic E-state index is 12.3. The molecule has 0 unspecified atom stereocenters. The number of ether oxygens (including phenoxy) is 2. The van der Waals surface area contributed by atoms with Crippen LogP contribution < -0.4 is 4.74 Å². The zero-order valence-electron chi connectivity index (χ0n) is 13.0. The van der Waals surface area contributed by atoms with E-state index in [1.807, 2.05) is 27.7 Å². The monoisotopic (exact) mass is 355 g/mol. The van der Waals surface area contributed by atoms with Crippen LogP contribution in [0.3, 0.4) is 0 Å². The first-order valence-corrected chi connectivity index (χ1v) is 8.21. The van der Waals surface area contributed by atoms with Gasteiger partial charge in [0.15, 0.2) is 0 Å². The molecule has 1 aliphatic heterocycles. The van der Waals surface area contributed by atoms with Crippen molar-refractivity contribution in [2.45, 2.75) is 45.2 Å². The molecule has 0 aromatic heterocycles. The fourth-order valence-corrected chi connectivity index (χ4v) is 2.68. The van der Waals surface area contributed by atoms with Gasteiger partial charge in [0.2, 0.25) is 0 Å². The molecule has 0 N–H and O–H groups in total. The van der Waals surface area contributed by atoms with Gasteiger partial charge in [-0.2, -0.15) is 0 Å². The van der Waals surface area contributed by atoms with Crippen LogP contribution >= 0.6 is 15.9 Å². The topological polar surface area (TPSA) is 38.8 Å². The number of hydrogen-bond donors (Lipinski definition) is 0. The van der Waals surface area contributed by atoms with Gasteiger partial charge in [-0.15, -0.1) is 0 Å². The number of amides is 1. The van der Waals surface area contributed by atoms with Crippen molar-refractivity contribution in [3.05, 3.63) is 28.8 Å². The summed E-state index contributed by atoms with van der Waals surface area (Å²) in [6, 6.07) is 4.19. The summed E-state index contributed by atoms with van der Waals surface area (Å²) in [5, 5.41) is 0.785. The number of carbonyl (C=O) groups excluding carboxylic acids is 1. The van der Waals surface area contributed by atoms with E-state index >= 15 is 0 Å². The molecule has 0 saturated heterocycles. The van der Waals surface area contributed by atoms with Crippen LogP contribution in [-0.4, -0.2) is 29.7 Å². The van der Waals surface area contributed by atoms with Gasteiger partial charge in [0.1, 0.15) is 18.0 Å². The summed E-state index contributed by atoms with van der Waals surface area (Å²) < 4.78 is 11.3. The van der Waals surface area contributed by atoms with Gasteiger partial charge in [-0.3, -0.25) is 0 Å². The highest BCUT2D eigenvalue weighted by Crippen LogP contribution is 2.30. The SMILES string of the molecule is Cc1cc(CBr)cc2c1OCCN(C(=O)OC(C)(C)C)C2. The molecule has 0 bridgehead atoms. The second-order valence-electron chi connectivity index (χ2n) is 6.28. The van der Waals surface area contributed by atoms with Gasteiger partial charge in [0, 0.05) is 10.9 Å². The van der Waals surface area contributed by atoms with Crippen LogP contribution in [0.5, 0.6) is 5.75 Å². The molecule has 1 aromatic rings. The Morgan fingerprint density at radius 1 is 1.43 bits per heavy atom. The summed E-state index contributed by atoms with van der Waals surface area (Å²) >= 11 is 3.48. The van der Waals surface area contributed by atoms with E-state index in [0.29, 0.717) is 19.7 Å². The lowest BCUT2D eigenvalue weighted by molar-refractivity contribution is 0.0225. The molecule has 0 radical (unpaired) electrons. The number of carbonyl (C=O) groups is 1. The molecule has 0 fully saturated rings. The highest BCUT2D eigenvalue weighted by atomic mass is 79.9. The standard InChI is InChI=1S/C16H22BrNO3/c1-11-7-12(9-17)8-13-10-18(5-6-20-14(11)13)15(19)21-16(2,3)4/h7-8H,5-6,9-10H2,1-4H3. The van der Waals surface area contributed by atoms with E-state index in [1.165, 1.54) is 5.56 Å². The van der Waals surface area contributed by atoms with Gasteiger partial charge in [-0.1, -0.05) is 22.0 Å². The average molecular weight is 356 g/mol.